The van der Waals surface area contributed by atoms with E-state index in [2.05, 4.69) is 12.1 Å². The minimum absolute atomic E-state index is 0.250. The number of ether oxygens (including phenoxy) is 1. The smallest absolute Gasteiger partial charge is 0.410 e. The maximum absolute atomic E-state index is 12.1. The number of aryl methyl sites for hydroxylation is 1. The fourth-order valence-corrected chi connectivity index (χ4v) is 4.62. The molecule has 1 aromatic carbocycles. The van der Waals surface area contributed by atoms with Crippen LogP contribution in [0, 0.1) is 5.92 Å². The SMILES string of the molecule is CC(C)(C)OC(=O)N1CCC(SCC(CCCc2ccccc2)C(=O)O)CC1. The molecule has 0 aromatic heterocycles. The Hall–Kier alpha value is -1.69. The third-order valence-corrected chi connectivity index (χ3v) is 6.37. The highest BCUT2D eigenvalue weighted by Crippen LogP contribution is 2.27. The Morgan fingerprint density at radius 3 is 2.43 bits per heavy atom. The van der Waals surface area contributed by atoms with E-state index in [4.69, 9.17) is 4.74 Å². The maximum Gasteiger partial charge on any atom is 0.410 e. The summed E-state index contributed by atoms with van der Waals surface area (Å²) in [5.41, 5.74) is 0.783. The zero-order chi connectivity index (χ0) is 20.6. The van der Waals surface area contributed by atoms with Crippen LogP contribution in [0.25, 0.3) is 0 Å². The lowest BCUT2D eigenvalue weighted by atomic mass is 10.0. The average molecular weight is 408 g/mol. The van der Waals surface area contributed by atoms with Gasteiger partial charge in [0.25, 0.3) is 0 Å². The summed E-state index contributed by atoms with van der Waals surface area (Å²) >= 11 is 1.75. The fraction of sp³-hybridized carbons (Fsp3) is 0.636. The molecule has 28 heavy (non-hydrogen) atoms. The molecular formula is C22H33NO4S. The van der Waals surface area contributed by atoms with E-state index in [1.165, 1.54) is 5.56 Å². The first kappa shape index (κ1) is 22.6. The number of carboxylic acid groups (broad SMARTS) is 1. The highest BCUT2D eigenvalue weighted by molar-refractivity contribution is 7.99. The molecule has 1 saturated heterocycles. The molecule has 1 atom stereocenters. The van der Waals surface area contributed by atoms with Gasteiger partial charge in [-0.05, 0) is 58.4 Å². The van der Waals surface area contributed by atoms with Gasteiger partial charge in [-0.3, -0.25) is 4.79 Å². The Labute approximate surface area is 172 Å². The predicted molar refractivity (Wildman–Crippen MR) is 114 cm³/mol. The van der Waals surface area contributed by atoms with Gasteiger partial charge in [0.1, 0.15) is 5.60 Å². The number of benzene rings is 1. The molecule has 1 amide bonds. The van der Waals surface area contributed by atoms with Crippen LogP contribution in [-0.4, -0.2) is 51.8 Å². The van der Waals surface area contributed by atoms with E-state index in [1.807, 2.05) is 39.0 Å². The van der Waals surface area contributed by atoms with Crippen molar-refractivity contribution in [1.82, 2.24) is 4.90 Å². The molecule has 2 rings (SSSR count). The van der Waals surface area contributed by atoms with Crippen molar-refractivity contribution < 1.29 is 19.4 Å². The van der Waals surface area contributed by atoms with Crippen molar-refractivity contribution >= 4 is 23.8 Å². The molecule has 1 fully saturated rings. The van der Waals surface area contributed by atoms with E-state index in [0.717, 1.165) is 25.7 Å². The highest BCUT2D eigenvalue weighted by Gasteiger charge is 2.28. The Morgan fingerprint density at radius 1 is 1.21 bits per heavy atom. The molecule has 1 aromatic rings. The molecule has 1 N–H and O–H groups in total. The van der Waals surface area contributed by atoms with E-state index in [9.17, 15) is 14.7 Å². The molecule has 1 heterocycles. The van der Waals surface area contributed by atoms with Gasteiger partial charge in [0, 0.05) is 24.1 Å². The van der Waals surface area contributed by atoms with Crippen molar-refractivity contribution in [1.29, 1.82) is 0 Å². The molecule has 0 saturated carbocycles. The lowest BCUT2D eigenvalue weighted by molar-refractivity contribution is -0.141. The molecule has 156 valence electrons. The molecule has 1 aliphatic rings. The van der Waals surface area contributed by atoms with E-state index >= 15 is 0 Å². The average Bonchev–Trinajstić information content (AvgIpc) is 2.64. The highest BCUT2D eigenvalue weighted by atomic mass is 32.2. The fourth-order valence-electron chi connectivity index (χ4n) is 3.26. The van der Waals surface area contributed by atoms with Crippen LogP contribution in [-0.2, 0) is 16.0 Å². The molecule has 5 nitrogen and oxygen atoms in total. The molecule has 0 aliphatic carbocycles. The Bertz CT molecular complexity index is 621. The van der Waals surface area contributed by atoms with Crippen molar-refractivity contribution in [2.24, 2.45) is 5.92 Å². The van der Waals surface area contributed by atoms with E-state index in [0.29, 0.717) is 30.5 Å². The standard InChI is InChI=1S/C22H33NO4S/c1-22(2,3)27-21(26)23-14-12-19(13-15-23)28-16-18(20(24)25)11-7-10-17-8-5-4-6-9-17/h4-6,8-9,18-19H,7,10-16H2,1-3H3,(H,24,25). The first-order chi connectivity index (χ1) is 13.2. The second-order valence-electron chi connectivity index (χ2n) is 8.41. The molecule has 1 aliphatic heterocycles. The lowest BCUT2D eigenvalue weighted by Crippen LogP contribution is -2.42. The summed E-state index contributed by atoms with van der Waals surface area (Å²) in [5.74, 6) is -0.370. The normalized spacial score (nSPS) is 16.6. The van der Waals surface area contributed by atoms with Gasteiger partial charge in [-0.25, -0.2) is 4.79 Å². The van der Waals surface area contributed by atoms with E-state index < -0.39 is 11.6 Å². The van der Waals surface area contributed by atoms with E-state index in [-0.39, 0.29) is 12.0 Å². The van der Waals surface area contributed by atoms with Crippen LogP contribution in [0.5, 0.6) is 0 Å². The van der Waals surface area contributed by atoms with Crippen LogP contribution >= 0.6 is 11.8 Å². The van der Waals surface area contributed by atoms with Crippen LogP contribution in [0.1, 0.15) is 52.0 Å². The number of rotatable bonds is 8. The summed E-state index contributed by atoms with van der Waals surface area (Å²) in [6.45, 7) is 6.97. The second-order valence-corrected chi connectivity index (χ2v) is 9.75. The third-order valence-electron chi connectivity index (χ3n) is 4.84. The number of carbonyl (C=O) groups excluding carboxylic acids is 1. The first-order valence-electron chi connectivity index (χ1n) is 10.1. The number of aliphatic carboxylic acids is 1. The summed E-state index contributed by atoms with van der Waals surface area (Å²) in [4.78, 5) is 25.5. The van der Waals surface area contributed by atoms with Crippen LogP contribution in [0.4, 0.5) is 4.79 Å². The summed E-state index contributed by atoms with van der Waals surface area (Å²) in [6, 6.07) is 10.2. The summed E-state index contributed by atoms with van der Waals surface area (Å²) in [6.07, 6.45) is 4.04. The zero-order valence-corrected chi connectivity index (χ0v) is 18.0. The van der Waals surface area contributed by atoms with Gasteiger partial charge in [-0.15, -0.1) is 0 Å². The second kappa shape index (κ2) is 10.7. The molecule has 1 unspecified atom stereocenters. The summed E-state index contributed by atoms with van der Waals surface area (Å²) in [7, 11) is 0. The zero-order valence-electron chi connectivity index (χ0n) is 17.2. The number of hydrogen-bond acceptors (Lipinski definition) is 4. The Kier molecular flexibility index (Phi) is 8.67. The minimum atomic E-state index is -0.702. The Morgan fingerprint density at radius 2 is 1.86 bits per heavy atom. The number of hydrogen-bond donors (Lipinski definition) is 1. The maximum atomic E-state index is 12.1. The van der Waals surface area contributed by atoms with Crippen LogP contribution in [0.2, 0.25) is 0 Å². The first-order valence-corrected chi connectivity index (χ1v) is 11.2. The quantitative estimate of drug-likeness (QED) is 0.668. The number of carbonyl (C=O) groups is 2. The lowest BCUT2D eigenvalue weighted by Gasteiger charge is -2.33. The molecule has 0 spiro atoms. The van der Waals surface area contributed by atoms with Gasteiger partial charge in [0.15, 0.2) is 0 Å². The number of carboxylic acids is 1. The Balaban J connectivity index is 1.69. The van der Waals surface area contributed by atoms with E-state index in [1.54, 1.807) is 16.7 Å². The van der Waals surface area contributed by atoms with Crippen molar-refractivity contribution in [3.8, 4) is 0 Å². The van der Waals surface area contributed by atoms with Crippen LogP contribution < -0.4 is 0 Å². The summed E-state index contributed by atoms with van der Waals surface area (Å²) < 4.78 is 5.43. The monoisotopic (exact) mass is 407 g/mol. The topological polar surface area (TPSA) is 66.8 Å². The van der Waals surface area contributed by atoms with Gasteiger partial charge in [-0.1, -0.05) is 30.3 Å². The number of nitrogens with zero attached hydrogens (tertiary/aromatic N) is 1. The van der Waals surface area contributed by atoms with Crippen molar-refractivity contribution in [2.75, 3.05) is 18.8 Å². The van der Waals surface area contributed by atoms with Crippen LogP contribution in [0.3, 0.4) is 0 Å². The number of piperidine rings is 1. The summed E-state index contributed by atoms with van der Waals surface area (Å²) in [5, 5.41) is 9.95. The molecule has 0 bridgehead atoms. The van der Waals surface area contributed by atoms with Gasteiger partial charge < -0.3 is 14.7 Å². The third kappa shape index (κ3) is 8.13. The molecular weight excluding hydrogens is 374 g/mol. The van der Waals surface area contributed by atoms with Gasteiger partial charge in [-0.2, -0.15) is 11.8 Å². The van der Waals surface area contributed by atoms with Crippen molar-refractivity contribution in [2.45, 2.75) is 63.7 Å². The van der Waals surface area contributed by atoms with Crippen molar-refractivity contribution in [3.05, 3.63) is 35.9 Å². The molecule has 6 heteroatoms. The number of amides is 1. The van der Waals surface area contributed by atoms with Crippen molar-refractivity contribution in [3.63, 3.8) is 0 Å². The van der Waals surface area contributed by atoms with Crippen LogP contribution in [0.15, 0.2) is 30.3 Å². The number of likely N-dealkylation sites (tertiary alicyclic amines) is 1. The molecule has 0 radical (unpaired) electrons. The predicted octanol–water partition coefficient (Wildman–Crippen LogP) is 4.84. The van der Waals surface area contributed by atoms with Gasteiger partial charge in [0.05, 0.1) is 5.92 Å². The van der Waals surface area contributed by atoms with Gasteiger partial charge >= 0.3 is 12.1 Å². The largest absolute Gasteiger partial charge is 0.481 e. The number of thioether (sulfide) groups is 1. The minimum Gasteiger partial charge on any atom is -0.481 e. The van der Waals surface area contributed by atoms with Gasteiger partial charge in [0.2, 0.25) is 0 Å².